The van der Waals surface area contributed by atoms with E-state index in [0.29, 0.717) is 10.7 Å². The average molecular weight is 343 g/mol. The van der Waals surface area contributed by atoms with Crippen LogP contribution in [0.15, 0.2) is 46.9 Å². The monoisotopic (exact) mass is 341 g/mol. The molecule has 0 spiro atoms. The van der Waals surface area contributed by atoms with E-state index >= 15 is 0 Å². The van der Waals surface area contributed by atoms with Gasteiger partial charge in [-0.05, 0) is 42.3 Å². The van der Waals surface area contributed by atoms with Gasteiger partial charge in [-0.3, -0.25) is 0 Å². The van der Waals surface area contributed by atoms with E-state index in [9.17, 15) is 4.39 Å². The van der Waals surface area contributed by atoms with Crippen LogP contribution < -0.4 is 5.32 Å². The lowest BCUT2D eigenvalue weighted by Crippen LogP contribution is -2.10. The van der Waals surface area contributed by atoms with Crippen LogP contribution in [-0.4, -0.2) is 0 Å². The average Bonchev–Trinajstić information content (AvgIpc) is 2.38. The Morgan fingerprint density at radius 2 is 2.05 bits per heavy atom. The maximum absolute atomic E-state index is 13.8. The van der Waals surface area contributed by atoms with Gasteiger partial charge in [-0.1, -0.05) is 46.6 Å². The van der Waals surface area contributed by atoms with E-state index in [2.05, 4.69) is 28.2 Å². The van der Waals surface area contributed by atoms with Crippen molar-refractivity contribution in [1.29, 1.82) is 0 Å². The predicted octanol–water partition coefficient (Wildman–Crippen LogP) is 5.80. The number of benzene rings is 2. The standard InChI is InChI=1S/C15H14BrClFN/c1-2-14(10-4-3-5-11(16)8-10)19-15-7-6-12(17)9-13(15)18/h3-9,14,19H,2H2,1H3. The van der Waals surface area contributed by atoms with Gasteiger partial charge in [0.15, 0.2) is 0 Å². The summed E-state index contributed by atoms with van der Waals surface area (Å²) in [5.41, 5.74) is 1.59. The third-order valence-electron chi connectivity index (χ3n) is 2.92. The molecule has 0 aliphatic rings. The van der Waals surface area contributed by atoms with Gasteiger partial charge in [-0.25, -0.2) is 4.39 Å². The van der Waals surface area contributed by atoms with Gasteiger partial charge in [0.05, 0.1) is 11.7 Å². The number of hydrogen-bond donors (Lipinski definition) is 1. The molecule has 2 aromatic carbocycles. The Balaban J connectivity index is 2.24. The topological polar surface area (TPSA) is 12.0 Å². The van der Waals surface area contributed by atoms with Crippen molar-refractivity contribution < 1.29 is 4.39 Å². The molecule has 0 fully saturated rings. The molecule has 1 N–H and O–H groups in total. The molecule has 0 radical (unpaired) electrons. The first-order valence-electron chi connectivity index (χ1n) is 6.07. The molecule has 0 bridgehead atoms. The van der Waals surface area contributed by atoms with Crippen LogP contribution in [0.25, 0.3) is 0 Å². The zero-order chi connectivity index (χ0) is 13.8. The maximum atomic E-state index is 13.8. The molecule has 19 heavy (non-hydrogen) atoms. The molecule has 1 unspecified atom stereocenters. The molecule has 2 rings (SSSR count). The van der Waals surface area contributed by atoms with Gasteiger partial charge in [0.2, 0.25) is 0 Å². The second-order valence-corrected chi connectivity index (χ2v) is 5.64. The summed E-state index contributed by atoms with van der Waals surface area (Å²) >= 11 is 9.20. The minimum Gasteiger partial charge on any atom is -0.376 e. The molecule has 0 amide bonds. The third-order valence-corrected chi connectivity index (χ3v) is 3.65. The van der Waals surface area contributed by atoms with Gasteiger partial charge in [0.1, 0.15) is 5.82 Å². The van der Waals surface area contributed by atoms with Crippen molar-refractivity contribution in [2.24, 2.45) is 0 Å². The highest BCUT2D eigenvalue weighted by Gasteiger charge is 2.12. The van der Waals surface area contributed by atoms with Gasteiger partial charge in [-0.15, -0.1) is 0 Å². The molecule has 0 saturated heterocycles. The van der Waals surface area contributed by atoms with E-state index in [0.717, 1.165) is 16.5 Å². The highest BCUT2D eigenvalue weighted by atomic mass is 79.9. The van der Waals surface area contributed by atoms with Gasteiger partial charge < -0.3 is 5.32 Å². The van der Waals surface area contributed by atoms with Crippen LogP contribution >= 0.6 is 27.5 Å². The zero-order valence-electron chi connectivity index (χ0n) is 10.5. The molecule has 4 heteroatoms. The summed E-state index contributed by atoms with van der Waals surface area (Å²) in [6, 6.07) is 12.7. The van der Waals surface area contributed by atoms with E-state index in [1.807, 2.05) is 24.3 Å². The minimum absolute atomic E-state index is 0.0631. The molecule has 1 nitrogen and oxygen atoms in total. The molecular weight excluding hydrogens is 329 g/mol. The first-order chi connectivity index (χ1) is 9.10. The fourth-order valence-corrected chi connectivity index (χ4v) is 2.51. The van der Waals surface area contributed by atoms with Crippen LogP contribution in [-0.2, 0) is 0 Å². The van der Waals surface area contributed by atoms with Crippen LogP contribution in [0.1, 0.15) is 24.9 Å². The summed E-state index contributed by atoms with van der Waals surface area (Å²) in [5, 5.41) is 3.61. The highest BCUT2D eigenvalue weighted by molar-refractivity contribution is 9.10. The number of nitrogens with one attached hydrogen (secondary N) is 1. The maximum Gasteiger partial charge on any atom is 0.147 e. The summed E-state index contributed by atoms with van der Waals surface area (Å²) in [6.07, 6.45) is 0.860. The number of halogens is 3. The van der Waals surface area contributed by atoms with Crippen molar-refractivity contribution in [1.82, 2.24) is 0 Å². The molecule has 1 atom stereocenters. The largest absolute Gasteiger partial charge is 0.376 e. The zero-order valence-corrected chi connectivity index (χ0v) is 12.8. The minimum atomic E-state index is -0.332. The van der Waals surface area contributed by atoms with E-state index in [1.165, 1.54) is 6.07 Å². The Morgan fingerprint density at radius 3 is 2.68 bits per heavy atom. The van der Waals surface area contributed by atoms with Crippen molar-refractivity contribution in [3.05, 3.63) is 63.3 Å². The molecule has 0 aromatic heterocycles. The lowest BCUT2D eigenvalue weighted by atomic mass is 10.0. The van der Waals surface area contributed by atoms with E-state index in [4.69, 9.17) is 11.6 Å². The van der Waals surface area contributed by atoms with Gasteiger partial charge >= 0.3 is 0 Å². The molecule has 0 aliphatic carbocycles. The first-order valence-corrected chi connectivity index (χ1v) is 7.24. The van der Waals surface area contributed by atoms with Crippen molar-refractivity contribution >= 4 is 33.2 Å². The lowest BCUT2D eigenvalue weighted by Gasteiger charge is -2.19. The van der Waals surface area contributed by atoms with Gasteiger partial charge in [0, 0.05) is 9.50 Å². The lowest BCUT2D eigenvalue weighted by molar-refractivity contribution is 0.624. The molecule has 0 aliphatic heterocycles. The van der Waals surface area contributed by atoms with Crippen LogP contribution in [0.4, 0.5) is 10.1 Å². The second-order valence-electron chi connectivity index (χ2n) is 4.28. The van der Waals surface area contributed by atoms with E-state index < -0.39 is 0 Å². The fraction of sp³-hybridized carbons (Fsp3) is 0.200. The molecule has 2 aromatic rings. The number of anilines is 1. The van der Waals surface area contributed by atoms with Crippen LogP contribution in [0.3, 0.4) is 0 Å². The van der Waals surface area contributed by atoms with Gasteiger partial charge in [0.25, 0.3) is 0 Å². The van der Waals surface area contributed by atoms with Crippen LogP contribution in [0.5, 0.6) is 0 Å². The summed E-state index contributed by atoms with van der Waals surface area (Å²) < 4.78 is 14.8. The van der Waals surface area contributed by atoms with Gasteiger partial charge in [-0.2, -0.15) is 0 Å². The quantitative estimate of drug-likeness (QED) is 0.740. The molecule has 0 saturated carbocycles. The molecular formula is C15H14BrClFN. The SMILES string of the molecule is CCC(Nc1ccc(Cl)cc1F)c1cccc(Br)c1. The van der Waals surface area contributed by atoms with Crippen LogP contribution in [0.2, 0.25) is 5.02 Å². The number of rotatable bonds is 4. The normalized spacial score (nSPS) is 12.2. The van der Waals surface area contributed by atoms with Crippen molar-refractivity contribution in [2.45, 2.75) is 19.4 Å². The predicted molar refractivity (Wildman–Crippen MR) is 82.2 cm³/mol. The highest BCUT2D eigenvalue weighted by Crippen LogP contribution is 2.27. The third kappa shape index (κ3) is 3.71. The Hall–Kier alpha value is -1.06. The summed E-state index contributed by atoms with van der Waals surface area (Å²) in [7, 11) is 0. The fourth-order valence-electron chi connectivity index (χ4n) is 1.94. The smallest absolute Gasteiger partial charge is 0.147 e. The Bertz CT molecular complexity index is 574. The first kappa shape index (κ1) is 14.4. The Labute approximate surface area is 125 Å². The Kier molecular flexibility index (Phi) is 4.83. The number of hydrogen-bond acceptors (Lipinski definition) is 1. The molecule has 100 valence electrons. The summed E-state index contributed by atoms with van der Waals surface area (Å²) in [5.74, 6) is -0.332. The van der Waals surface area contributed by atoms with Crippen molar-refractivity contribution in [2.75, 3.05) is 5.32 Å². The summed E-state index contributed by atoms with van der Waals surface area (Å²) in [6.45, 7) is 2.06. The van der Waals surface area contributed by atoms with Crippen molar-refractivity contribution in [3.8, 4) is 0 Å². The molecule has 0 heterocycles. The van der Waals surface area contributed by atoms with Crippen molar-refractivity contribution in [3.63, 3.8) is 0 Å². The summed E-state index contributed by atoms with van der Waals surface area (Å²) in [4.78, 5) is 0. The Morgan fingerprint density at radius 1 is 1.26 bits per heavy atom. The van der Waals surface area contributed by atoms with E-state index in [-0.39, 0.29) is 11.9 Å². The van der Waals surface area contributed by atoms with Crippen LogP contribution in [0, 0.1) is 5.82 Å². The second kappa shape index (κ2) is 6.40. The van der Waals surface area contributed by atoms with E-state index in [1.54, 1.807) is 12.1 Å².